The lowest BCUT2D eigenvalue weighted by Crippen LogP contribution is -2.48. The molecule has 0 spiro atoms. The zero-order valence-electron chi connectivity index (χ0n) is 19.7. The number of carbonyl (C=O) groups is 1. The van der Waals surface area contributed by atoms with E-state index in [9.17, 15) is 9.18 Å². The van der Waals surface area contributed by atoms with E-state index in [-0.39, 0.29) is 11.7 Å². The van der Waals surface area contributed by atoms with Crippen LogP contribution in [0.2, 0.25) is 0 Å². The molecule has 1 amide bonds. The highest BCUT2D eigenvalue weighted by Gasteiger charge is 2.23. The highest BCUT2D eigenvalue weighted by molar-refractivity contribution is 5.76. The topological polar surface area (TPSA) is 40.9 Å². The predicted molar refractivity (Wildman–Crippen MR) is 133 cm³/mol. The fraction of sp³-hybridized carbons (Fsp3) is 0.286. The molecule has 0 radical (unpaired) electrons. The third kappa shape index (κ3) is 4.46. The molecule has 6 heteroatoms. The average Bonchev–Trinajstić information content (AvgIpc) is 3.22. The predicted octanol–water partition coefficient (Wildman–Crippen LogP) is 5.17. The number of imidazole rings is 1. The van der Waals surface area contributed by atoms with Crippen molar-refractivity contribution in [2.24, 2.45) is 0 Å². The number of hydrogen-bond donors (Lipinski definition) is 0. The molecule has 1 fully saturated rings. The number of nitrogens with zero attached hydrogens (tertiary/aromatic N) is 4. The normalized spacial score (nSPS) is 14.6. The average molecular weight is 457 g/mol. The monoisotopic (exact) mass is 456 g/mol. The van der Waals surface area contributed by atoms with Crippen LogP contribution in [0.1, 0.15) is 24.6 Å². The summed E-state index contributed by atoms with van der Waals surface area (Å²) in [7, 11) is 0. The van der Waals surface area contributed by atoms with Gasteiger partial charge < -0.3 is 9.30 Å². The number of amides is 1. The Hall–Kier alpha value is -3.51. The number of fused-ring (bicyclic) bond motifs is 1. The van der Waals surface area contributed by atoms with Gasteiger partial charge in [-0.1, -0.05) is 36.8 Å². The highest BCUT2D eigenvalue weighted by Crippen LogP contribution is 2.29. The Morgan fingerprint density at radius 2 is 1.68 bits per heavy atom. The van der Waals surface area contributed by atoms with Crippen molar-refractivity contribution < 1.29 is 9.18 Å². The van der Waals surface area contributed by atoms with Crippen molar-refractivity contribution in [3.05, 3.63) is 83.9 Å². The van der Waals surface area contributed by atoms with Crippen LogP contribution in [0.4, 0.5) is 4.39 Å². The molecule has 2 aromatic carbocycles. The maximum Gasteiger partial charge on any atom is 0.222 e. The Bertz CT molecular complexity index is 1320. The van der Waals surface area contributed by atoms with E-state index in [2.05, 4.69) is 52.8 Å². The minimum absolute atomic E-state index is 0.212. The molecular weight excluding hydrogens is 427 g/mol. The van der Waals surface area contributed by atoms with Crippen molar-refractivity contribution >= 4 is 11.6 Å². The minimum Gasteiger partial charge on any atom is -0.340 e. The Kier molecular flexibility index (Phi) is 6.16. The summed E-state index contributed by atoms with van der Waals surface area (Å²) in [5, 5.41) is 0. The highest BCUT2D eigenvalue weighted by atomic mass is 19.1. The zero-order valence-corrected chi connectivity index (χ0v) is 19.7. The molecule has 5 rings (SSSR count). The summed E-state index contributed by atoms with van der Waals surface area (Å²) in [6, 6.07) is 19.2. The van der Waals surface area contributed by atoms with Gasteiger partial charge in [-0.05, 0) is 54.4 Å². The van der Waals surface area contributed by atoms with Gasteiger partial charge in [0.05, 0.1) is 11.4 Å². The standard InChI is InChI=1S/C28H29FN4O/c1-3-27(34)32-15-13-31(14-16-32)19-25-28(21-7-10-24(29)11-8-21)30-26-12-9-23(18-33(25)26)22-6-4-5-20(2)17-22/h4-12,17-18H,3,13-16,19H2,1-2H3. The van der Waals surface area contributed by atoms with Crippen LogP contribution in [0.3, 0.4) is 0 Å². The first-order valence-corrected chi connectivity index (χ1v) is 11.9. The number of piperazine rings is 1. The molecular formula is C28H29FN4O. The summed E-state index contributed by atoms with van der Waals surface area (Å²) in [4.78, 5) is 21.3. The van der Waals surface area contributed by atoms with Gasteiger partial charge in [-0.15, -0.1) is 0 Å². The molecule has 34 heavy (non-hydrogen) atoms. The van der Waals surface area contributed by atoms with E-state index in [0.717, 1.165) is 59.9 Å². The van der Waals surface area contributed by atoms with Crippen molar-refractivity contribution in [2.45, 2.75) is 26.8 Å². The summed E-state index contributed by atoms with van der Waals surface area (Å²) in [5.41, 5.74) is 7.22. The first kappa shape index (κ1) is 22.3. The molecule has 0 bridgehead atoms. The van der Waals surface area contributed by atoms with Crippen molar-refractivity contribution in [3.8, 4) is 22.4 Å². The van der Waals surface area contributed by atoms with E-state index in [1.165, 1.54) is 17.7 Å². The lowest BCUT2D eigenvalue weighted by atomic mass is 10.1. The summed E-state index contributed by atoms with van der Waals surface area (Å²) >= 11 is 0. The van der Waals surface area contributed by atoms with Crippen LogP contribution in [0.5, 0.6) is 0 Å². The Labute approximate surface area is 199 Å². The number of benzene rings is 2. The molecule has 1 saturated heterocycles. The second-order valence-corrected chi connectivity index (χ2v) is 8.94. The Balaban J connectivity index is 1.54. The van der Waals surface area contributed by atoms with Gasteiger partial charge in [0.2, 0.25) is 5.91 Å². The molecule has 4 aromatic rings. The molecule has 3 heterocycles. The molecule has 1 aliphatic rings. The molecule has 0 saturated carbocycles. The smallest absolute Gasteiger partial charge is 0.222 e. The Morgan fingerprint density at radius 1 is 0.941 bits per heavy atom. The maximum absolute atomic E-state index is 13.6. The maximum atomic E-state index is 13.6. The molecule has 5 nitrogen and oxygen atoms in total. The lowest BCUT2D eigenvalue weighted by molar-refractivity contribution is -0.132. The van der Waals surface area contributed by atoms with Crippen LogP contribution in [0.25, 0.3) is 28.0 Å². The summed E-state index contributed by atoms with van der Waals surface area (Å²) in [5.74, 6) is -0.0447. The van der Waals surface area contributed by atoms with E-state index in [4.69, 9.17) is 4.98 Å². The van der Waals surface area contributed by atoms with Gasteiger partial charge in [-0.3, -0.25) is 9.69 Å². The van der Waals surface area contributed by atoms with Crippen LogP contribution in [0.15, 0.2) is 66.9 Å². The van der Waals surface area contributed by atoms with E-state index in [0.29, 0.717) is 13.0 Å². The number of halogens is 1. The largest absolute Gasteiger partial charge is 0.340 e. The molecule has 0 unspecified atom stereocenters. The summed E-state index contributed by atoms with van der Waals surface area (Å²) < 4.78 is 15.8. The first-order valence-electron chi connectivity index (χ1n) is 11.9. The van der Waals surface area contributed by atoms with Crippen LogP contribution >= 0.6 is 0 Å². The number of aromatic nitrogens is 2. The second kappa shape index (κ2) is 9.39. The summed E-state index contributed by atoms with van der Waals surface area (Å²) in [6.07, 6.45) is 2.69. The van der Waals surface area contributed by atoms with E-state index < -0.39 is 0 Å². The van der Waals surface area contributed by atoms with Crippen LogP contribution in [-0.2, 0) is 11.3 Å². The van der Waals surface area contributed by atoms with Crippen LogP contribution in [0, 0.1) is 12.7 Å². The van der Waals surface area contributed by atoms with Crippen molar-refractivity contribution in [3.63, 3.8) is 0 Å². The fourth-order valence-corrected chi connectivity index (χ4v) is 4.67. The van der Waals surface area contributed by atoms with Gasteiger partial charge in [-0.2, -0.15) is 0 Å². The van der Waals surface area contributed by atoms with E-state index >= 15 is 0 Å². The third-order valence-electron chi connectivity index (χ3n) is 6.59. The fourth-order valence-electron chi connectivity index (χ4n) is 4.67. The van der Waals surface area contributed by atoms with Gasteiger partial charge in [0.1, 0.15) is 11.5 Å². The number of aryl methyl sites for hydroxylation is 1. The molecule has 2 aromatic heterocycles. The zero-order chi connectivity index (χ0) is 23.7. The second-order valence-electron chi connectivity index (χ2n) is 8.94. The van der Waals surface area contributed by atoms with Crippen LogP contribution < -0.4 is 0 Å². The van der Waals surface area contributed by atoms with E-state index in [1.807, 2.05) is 17.9 Å². The minimum atomic E-state index is -0.257. The number of rotatable bonds is 5. The number of hydrogen-bond acceptors (Lipinski definition) is 3. The van der Waals surface area contributed by atoms with E-state index in [1.54, 1.807) is 12.1 Å². The number of pyridine rings is 1. The summed E-state index contributed by atoms with van der Waals surface area (Å²) in [6.45, 7) is 7.83. The van der Waals surface area contributed by atoms with Gasteiger partial charge in [0.25, 0.3) is 0 Å². The van der Waals surface area contributed by atoms with Gasteiger partial charge >= 0.3 is 0 Å². The van der Waals surface area contributed by atoms with Crippen molar-refractivity contribution in [1.82, 2.24) is 19.2 Å². The molecule has 174 valence electrons. The molecule has 0 N–H and O–H groups in total. The lowest BCUT2D eigenvalue weighted by Gasteiger charge is -2.34. The molecule has 1 aliphatic heterocycles. The quantitative estimate of drug-likeness (QED) is 0.416. The first-order chi connectivity index (χ1) is 16.5. The molecule has 0 atom stereocenters. The van der Waals surface area contributed by atoms with Gasteiger partial charge in [0.15, 0.2) is 0 Å². The van der Waals surface area contributed by atoms with Gasteiger partial charge in [-0.25, -0.2) is 9.37 Å². The van der Waals surface area contributed by atoms with Crippen LogP contribution in [-0.4, -0.2) is 51.3 Å². The van der Waals surface area contributed by atoms with Gasteiger partial charge in [0, 0.05) is 50.9 Å². The third-order valence-corrected chi connectivity index (χ3v) is 6.59. The SMILES string of the molecule is CCC(=O)N1CCN(Cc2c(-c3ccc(F)cc3)nc3ccc(-c4cccc(C)c4)cn23)CC1. The number of carbonyl (C=O) groups excluding carboxylic acids is 1. The molecule has 0 aliphatic carbocycles. The van der Waals surface area contributed by atoms with Crippen molar-refractivity contribution in [1.29, 1.82) is 0 Å². The van der Waals surface area contributed by atoms with Crippen molar-refractivity contribution in [2.75, 3.05) is 26.2 Å². The Morgan fingerprint density at radius 3 is 2.38 bits per heavy atom.